The third-order valence-electron chi connectivity index (χ3n) is 4.39. The summed E-state index contributed by atoms with van der Waals surface area (Å²) in [6.07, 6.45) is 3.22. The molecule has 1 amide bonds. The Bertz CT molecular complexity index is 699. The van der Waals surface area contributed by atoms with E-state index in [0.717, 1.165) is 12.8 Å². The Morgan fingerprint density at radius 3 is 2.68 bits per heavy atom. The van der Waals surface area contributed by atoms with E-state index in [-0.39, 0.29) is 18.2 Å². The second-order valence-electron chi connectivity index (χ2n) is 6.67. The summed E-state index contributed by atoms with van der Waals surface area (Å²) in [7, 11) is -2.19. The summed E-state index contributed by atoms with van der Waals surface area (Å²) in [5.41, 5.74) is -0.472. The summed E-state index contributed by atoms with van der Waals surface area (Å²) in [5, 5.41) is 12.9. The van der Waals surface area contributed by atoms with Crippen LogP contribution in [0.2, 0.25) is 0 Å². The molecule has 140 valence electrons. The predicted octanol–water partition coefficient (Wildman–Crippen LogP) is 1.49. The van der Waals surface area contributed by atoms with Gasteiger partial charge in [-0.25, -0.2) is 8.42 Å². The van der Waals surface area contributed by atoms with Crippen LogP contribution in [0.15, 0.2) is 24.3 Å². The van der Waals surface area contributed by atoms with E-state index in [1.165, 1.54) is 7.11 Å². The van der Waals surface area contributed by atoms with E-state index in [9.17, 15) is 18.3 Å². The van der Waals surface area contributed by atoms with Crippen LogP contribution in [0, 0.1) is 5.92 Å². The molecule has 1 aromatic rings. The van der Waals surface area contributed by atoms with Crippen molar-refractivity contribution < 1.29 is 23.1 Å². The number of aliphatic hydroxyl groups is 1. The van der Waals surface area contributed by atoms with Crippen LogP contribution in [-0.2, 0) is 14.8 Å². The van der Waals surface area contributed by atoms with E-state index in [2.05, 4.69) is 10.0 Å². The zero-order valence-electron chi connectivity index (χ0n) is 14.6. The van der Waals surface area contributed by atoms with Gasteiger partial charge in [0.25, 0.3) is 0 Å². The van der Waals surface area contributed by atoms with Gasteiger partial charge in [-0.1, -0.05) is 25.8 Å². The number of benzene rings is 1. The van der Waals surface area contributed by atoms with E-state index >= 15 is 0 Å². The van der Waals surface area contributed by atoms with Gasteiger partial charge in [-0.3, -0.25) is 9.52 Å². The molecule has 1 unspecified atom stereocenters. The van der Waals surface area contributed by atoms with Crippen LogP contribution < -0.4 is 14.8 Å². The maximum atomic E-state index is 12.3. The average molecular weight is 370 g/mol. The summed E-state index contributed by atoms with van der Waals surface area (Å²) < 4.78 is 32.0. The van der Waals surface area contributed by atoms with Crippen LogP contribution in [-0.4, -0.2) is 44.4 Å². The van der Waals surface area contributed by atoms with Crippen molar-refractivity contribution in [3.63, 3.8) is 0 Å². The number of hydrogen-bond acceptors (Lipinski definition) is 5. The Balaban J connectivity index is 1.88. The zero-order valence-corrected chi connectivity index (χ0v) is 15.4. The molecule has 0 saturated heterocycles. The highest BCUT2D eigenvalue weighted by atomic mass is 32.2. The smallest absolute Gasteiger partial charge is 0.233 e. The minimum atomic E-state index is -3.69. The summed E-state index contributed by atoms with van der Waals surface area (Å²) in [6.45, 7) is 1.72. The Morgan fingerprint density at radius 2 is 2.04 bits per heavy atom. The Morgan fingerprint density at radius 1 is 1.36 bits per heavy atom. The molecule has 1 atom stereocenters. The number of rotatable bonds is 8. The van der Waals surface area contributed by atoms with Crippen LogP contribution in [0.5, 0.6) is 5.75 Å². The number of ether oxygens (including phenoxy) is 1. The molecule has 1 fully saturated rings. The lowest BCUT2D eigenvalue weighted by Crippen LogP contribution is -2.43. The fourth-order valence-electron chi connectivity index (χ4n) is 2.95. The van der Waals surface area contributed by atoms with Crippen molar-refractivity contribution in [2.45, 2.75) is 38.2 Å². The van der Waals surface area contributed by atoms with Gasteiger partial charge < -0.3 is 15.2 Å². The van der Waals surface area contributed by atoms with Gasteiger partial charge in [-0.05, 0) is 25.0 Å². The van der Waals surface area contributed by atoms with Crippen molar-refractivity contribution >= 4 is 21.6 Å². The van der Waals surface area contributed by atoms with Crippen LogP contribution in [0.25, 0.3) is 0 Å². The van der Waals surface area contributed by atoms with Crippen molar-refractivity contribution in [2.75, 3.05) is 24.1 Å². The fourth-order valence-corrected chi connectivity index (χ4v) is 4.33. The number of nitrogens with one attached hydrogen (secondary N) is 2. The van der Waals surface area contributed by atoms with Gasteiger partial charge in [0.1, 0.15) is 5.75 Å². The van der Waals surface area contributed by atoms with Crippen LogP contribution in [0.1, 0.15) is 32.6 Å². The molecule has 1 saturated carbocycles. The summed E-state index contributed by atoms with van der Waals surface area (Å²) in [6, 6.07) is 6.56. The number of hydrogen-bond donors (Lipinski definition) is 3. The molecule has 0 bridgehead atoms. The molecule has 0 spiro atoms. The summed E-state index contributed by atoms with van der Waals surface area (Å²) in [5.74, 6) is -0.908. The molecule has 1 aliphatic carbocycles. The first-order valence-corrected chi connectivity index (χ1v) is 10.0. The van der Waals surface area contributed by atoms with E-state index < -0.39 is 21.5 Å². The lowest BCUT2D eigenvalue weighted by molar-refractivity contribution is -0.125. The molecule has 2 rings (SSSR count). The average Bonchev–Trinajstić information content (AvgIpc) is 2.99. The van der Waals surface area contributed by atoms with Crippen molar-refractivity contribution in [2.24, 2.45) is 5.92 Å². The Labute approximate surface area is 148 Å². The van der Waals surface area contributed by atoms with E-state index in [4.69, 9.17) is 4.74 Å². The minimum absolute atomic E-state index is 0.166. The molecule has 25 heavy (non-hydrogen) atoms. The molecule has 1 aliphatic rings. The van der Waals surface area contributed by atoms with Gasteiger partial charge in [-0.2, -0.15) is 0 Å². The summed E-state index contributed by atoms with van der Waals surface area (Å²) in [4.78, 5) is 12.1. The van der Waals surface area contributed by atoms with Gasteiger partial charge in [0.2, 0.25) is 15.9 Å². The standard InChI is InChI=1S/C17H26N2O5S/c1-13(16(20)18-12-17(21)8-3-4-9-17)11-25(22,23)19-14-6-5-7-15(10-14)24-2/h5-7,10,13,19,21H,3-4,8-9,11-12H2,1-2H3,(H,18,20). The maximum absolute atomic E-state index is 12.3. The number of methoxy groups -OCH3 is 1. The maximum Gasteiger partial charge on any atom is 0.233 e. The first-order chi connectivity index (χ1) is 11.7. The number of amides is 1. The molecule has 1 aromatic carbocycles. The molecule has 0 heterocycles. The number of sulfonamides is 1. The molecular formula is C17H26N2O5S. The van der Waals surface area contributed by atoms with Crippen LogP contribution >= 0.6 is 0 Å². The molecule has 7 nitrogen and oxygen atoms in total. The number of carbonyl (C=O) groups excluding carboxylic acids is 1. The highest BCUT2D eigenvalue weighted by Crippen LogP contribution is 2.28. The van der Waals surface area contributed by atoms with Crippen molar-refractivity contribution in [1.82, 2.24) is 5.32 Å². The predicted molar refractivity (Wildman–Crippen MR) is 96.0 cm³/mol. The Hall–Kier alpha value is -1.80. The molecule has 0 aromatic heterocycles. The normalized spacial score (nSPS) is 17.7. The van der Waals surface area contributed by atoms with E-state index in [1.807, 2.05) is 0 Å². The van der Waals surface area contributed by atoms with Crippen LogP contribution in [0.4, 0.5) is 5.69 Å². The van der Waals surface area contributed by atoms with E-state index in [0.29, 0.717) is 24.3 Å². The molecular weight excluding hydrogens is 344 g/mol. The van der Waals surface area contributed by atoms with Crippen molar-refractivity contribution in [1.29, 1.82) is 0 Å². The summed E-state index contributed by atoms with van der Waals surface area (Å²) >= 11 is 0. The first kappa shape index (κ1) is 19.5. The number of anilines is 1. The third kappa shape index (κ3) is 5.89. The fraction of sp³-hybridized carbons (Fsp3) is 0.588. The highest BCUT2D eigenvalue weighted by molar-refractivity contribution is 7.92. The molecule has 0 radical (unpaired) electrons. The Kier molecular flexibility index (Phi) is 6.29. The second kappa shape index (κ2) is 8.05. The van der Waals surface area contributed by atoms with Crippen LogP contribution in [0.3, 0.4) is 0 Å². The highest BCUT2D eigenvalue weighted by Gasteiger charge is 2.32. The molecule has 8 heteroatoms. The van der Waals surface area contributed by atoms with Gasteiger partial charge in [-0.15, -0.1) is 0 Å². The number of carbonyl (C=O) groups is 1. The van der Waals surface area contributed by atoms with Crippen molar-refractivity contribution in [3.05, 3.63) is 24.3 Å². The van der Waals surface area contributed by atoms with E-state index in [1.54, 1.807) is 31.2 Å². The monoisotopic (exact) mass is 370 g/mol. The van der Waals surface area contributed by atoms with Gasteiger partial charge in [0.05, 0.1) is 30.1 Å². The topological polar surface area (TPSA) is 105 Å². The molecule has 3 N–H and O–H groups in total. The van der Waals surface area contributed by atoms with Crippen molar-refractivity contribution in [3.8, 4) is 5.75 Å². The van der Waals surface area contributed by atoms with Gasteiger partial charge in [0, 0.05) is 12.6 Å². The third-order valence-corrected chi connectivity index (χ3v) is 5.87. The molecule has 0 aliphatic heterocycles. The lowest BCUT2D eigenvalue weighted by atomic mass is 10.0. The van der Waals surface area contributed by atoms with Gasteiger partial charge in [0.15, 0.2) is 0 Å². The quantitative estimate of drug-likeness (QED) is 0.643. The second-order valence-corrected chi connectivity index (χ2v) is 8.43. The largest absolute Gasteiger partial charge is 0.497 e. The SMILES string of the molecule is COc1cccc(NS(=O)(=O)CC(C)C(=O)NCC2(O)CCCC2)c1. The lowest BCUT2D eigenvalue weighted by Gasteiger charge is -2.23. The first-order valence-electron chi connectivity index (χ1n) is 8.38. The zero-order chi connectivity index (χ0) is 18.5. The minimum Gasteiger partial charge on any atom is -0.497 e. The van der Waals surface area contributed by atoms with Gasteiger partial charge >= 0.3 is 0 Å².